The van der Waals surface area contributed by atoms with Gasteiger partial charge >= 0.3 is 0 Å². The van der Waals surface area contributed by atoms with Crippen LogP contribution in [0.25, 0.3) is 0 Å². The van der Waals surface area contributed by atoms with Gasteiger partial charge in [-0.25, -0.2) is 4.39 Å². The summed E-state index contributed by atoms with van der Waals surface area (Å²) in [6, 6.07) is 9.77. The number of fused-ring (bicyclic) bond motifs is 1. The average Bonchev–Trinajstić information content (AvgIpc) is 2.85. The number of benzene rings is 2. The van der Waals surface area contributed by atoms with Gasteiger partial charge in [0.1, 0.15) is 11.6 Å². The molecule has 0 radical (unpaired) electrons. The molecule has 0 fully saturated rings. The van der Waals surface area contributed by atoms with Gasteiger partial charge in [-0.05, 0) is 42.0 Å². The molecule has 20 heavy (non-hydrogen) atoms. The number of halogens is 2. The predicted molar refractivity (Wildman–Crippen MR) is 77.7 cm³/mol. The first kappa shape index (κ1) is 13.1. The molecule has 1 amide bonds. The molecule has 1 heterocycles. The first-order valence-corrected chi connectivity index (χ1v) is 6.95. The molecule has 1 aliphatic rings. The van der Waals surface area contributed by atoms with Gasteiger partial charge in [0.15, 0.2) is 0 Å². The van der Waals surface area contributed by atoms with Crippen molar-refractivity contribution in [3.63, 3.8) is 0 Å². The Bertz CT molecular complexity index is 688. The van der Waals surface area contributed by atoms with Crippen molar-refractivity contribution in [1.82, 2.24) is 0 Å². The van der Waals surface area contributed by atoms with Crippen molar-refractivity contribution in [2.45, 2.75) is 6.42 Å². The van der Waals surface area contributed by atoms with Crippen LogP contribution in [0.1, 0.15) is 15.9 Å². The standard InChI is InChI=1S/C15H11BrFNO2/c16-10-1-3-12(13(17)8-10)15(19)18-11-2-4-14-9(7-11)5-6-20-14/h1-4,7-8H,5-6H2,(H,18,19). The second-order valence-electron chi connectivity index (χ2n) is 4.50. The maximum Gasteiger partial charge on any atom is 0.258 e. The lowest BCUT2D eigenvalue weighted by molar-refractivity contribution is 0.102. The molecule has 0 atom stereocenters. The lowest BCUT2D eigenvalue weighted by Crippen LogP contribution is -2.13. The summed E-state index contributed by atoms with van der Waals surface area (Å²) in [5, 5.41) is 2.70. The van der Waals surface area contributed by atoms with E-state index in [1.54, 1.807) is 12.1 Å². The maximum absolute atomic E-state index is 13.7. The molecule has 3 nitrogen and oxygen atoms in total. The van der Waals surface area contributed by atoms with Crippen molar-refractivity contribution in [2.24, 2.45) is 0 Å². The zero-order valence-electron chi connectivity index (χ0n) is 10.5. The molecule has 0 bridgehead atoms. The molecule has 0 spiro atoms. The van der Waals surface area contributed by atoms with Gasteiger partial charge in [-0.1, -0.05) is 15.9 Å². The fourth-order valence-electron chi connectivity index (χ4n) is 2.14. The van der Waals surface area contributed by atoms with Gasteiger partial charge in [0.05, 0.1) is 12.2 Å². The van der Waals surface area contributed by atoms with Crippen LogP contribution in [-0.4, -0.2) is 12.5 Å². The summed E-state index contributed by atoms with van der Waals surface area (Å²) < 4.78 is 19.7. The van der Waals surface area contributed by atoms with Crippen molar-refractivity contribution >= 4 is 27.5 Å². The molecule has 1 N–H and O–H groups in total. The number of hydrogen-bond donors (Lipinski definition) is 1. The van der Waals surface area contributed by atoms with Gasteiger partial charge in [0, 0.05) is 16.6 Å². The van der Waals surface area contributed by atoms with Crippen LogP contribution in [0.4, 0.5) is 10.1 Å². The highest BCUT2D eigenvalue weighted by molar-refractivity contribution is 9.10. The number of anilines is 1. The number of carbonyl (C=O) groups is 1. The van der Waals surface area contributed by atoms with E-state index in [2.05, 4.69) is 21.2 Å². The Hall–Kier alpha value is -1.88. The fraction of sp³-hybridized carbons (Fsp3) is 0.133. The first-order chi connectivity index (χ1) is 9.63. The molecule has 0 saturated heterocycles. The average molecular weight is 336 g/mol. The monoisotopic (exact) mass is 335 g/mol. The van der Waals surface area contributed by atoms with E-state index in [0.29, 0.717) is 16.8 Å². The van der Waals surface area contributed by atoms with Gasteiger partial charge in [-0.2, -0.15) is 0 Å². The van der Waals surface area contributed by atoms with Crippen LogP contribution >= 0.6 is 15.9 Å². The minimum atomic E-state index is -0.554. The van der Waals surface area contributed by atoms with Crippen LogP contribution in [0, 0.1) is 5.82 Å². The number of hydrogen-bond acceptors (Lipinski definition) is 2. The molecular weight excluding hydrogens is 325 g/mol. The molecule has 2 aromatic carbocycles. The lowest BCUT2D eigenvalue weighted by Gasteiger charge is -2.08. The van der Waals surface area contributed by atoms with Crippen molar-refractivity contribution in [2.75, 3.05) is 11.9 Å². The molecule has 0 saturated carbocycles. The summed E-state index contributed by atoms with van der Waals surface area (Å²) in [4.78, 5) is 12.0. The van der Waals surface area contributed by atoms with E-state index in [1.165, 1.54) is 12.1 Å². The zero-order chi connectivity index (χ0) is 14.1. The van der Waals surface area contributed by atoms with Gasteiger partial charge in [0.2, 0.25) is 0 Å². The van der Waals surface area contributed by atoms with Crippen LogP contribution in [0.2, 0.25) is 0 Å². The number of rotatable bonds is 2. The van der Waals surface area contributed by atoms with E-state index in [-0.39, 0.29) is 5.56 Å². The minimum absolute atomic E-state index is 0.0185. The summed E-state index contributed by atoms with van der Waals surface area (Å²) in [5.41, 5.74) is 1.71. The van der Waals surface area contributed by atoms with Crippen LogP contribution in [0.15, 0.2) is 40.9 Å². The van der Waals surface area contributed by atoms with Crippen molar-refractivity contribution in [1.29, 1.82) is 0 Å². The Morgan fingerprint density at radius 1 is 1.25 bits per heavy atom. The second kappa shape index (κ2) is 5.25. The summed E-state index contributed by atoms with van der Waals surface area (Å²) >= 11 is 3.16. The number of carbonyl (C=O) groups excluding carboxylic acids is 1. The van der Waals surface area contributed by atoms with Crippen molar-refractivity contribution in [3.05, 3.63) is 57.8 Å². The van der Waals surface area contributed by atoms with Crippen LogP contribution in [0.5, 0.6) is 5.75 Å². The third-order valence-electron chi connectivity index (χ3n) is 3.12. The summed E-state index contributed by atoms with van der Waals surface area (Å²) in [5.74, 6) is -0.173. The predicted octanol–water partition coefficient (Wildman–Crippen LogP) is 3.78. The van der Waals surface area contributed by atoms with Gasteiger partial charge in [-0.15, -0.1) is 0 Å². The van der Waals surface area contributed by atoms with Crippen molar-refractivity contribution in [3.8, 4) is 5.75 Å². The molecular formula is C15H11BrFNO2. The van der Waals surface area contributed by atoms with Gasteiger partial charge < -0.3 is 10.1 Å². The van der Waals surface area contributed by atoms with Gasteiger partial charge in [0.25, 0.3) is 5.91 Å². The highest BCUT2D eigenvalue weighted by Crippen LogP contribution is 2.28. The third kappa shape index (κ3) is 2.54. The third-order valence-corrected chi connectivity index (χ3v) is 3.62. The normalized spacial score (nSPS) is 12.7. The number of ether oxygens (including phenoxy) is 1. The highest BCUT2D eigenvalue weighted by atomic mass is 79.9. The number of amides is 1. The lowest BCUT2D eigenvalue weighted by atomic mass is 10.1. The summed E-state index contributed by atoms with van der Waals surface area (Å²) in [7, 11) is 0. The van der Waals surface area contributed by atoms with Crippen LogP contribution in [-0.2, 0) is 6.42 Å². The van der Waals surface area contributed by atoms with Crippen LogP contribution < -0.4 is 10.1 Å². The summed E-state index contributed by atoms with van der Waals surface area (Å²) in [6.07, 6.45) is 0.825. The Kier molecular flexibility index (Phi) is 3.44. The molecule has 3 rings (SSSR count). The second-order valence-corrected chi connectivity index (χ2v) is 5.41. The van der Waals surface area contributed by atoms with E-state index < -0.39 is 11.7 Å². The molecule has 0 aromatic heterocycles. The molecule has 0 aliphatic carbocycles. The Morgan fingerprint density at radius 3 is 2.90 bits per heavy atom. The molecule has 0 unspecified atom stereocenters. The van der Waals surface area contributed by atoms with E-state index in [0.717, 1.165) is 17.7 Å². The van der Waals surface area contributed by atoms with Gasteiger partial charge in [-0.3, -0.25) is 4.79 Å². The molecule has 1 aliphatic heterocycles. The SMILES string of the molecule is O=C(Nc1ccc2c(c1)CCO2)c1ccc(Br)cc1F. The molecule has 102 valence electrons. The van der Waals surface area contributed by atoms with Crippen molar-refractivity contribution < 1.29 is 13.9 Å². The molecule has 5 heteroatoms. The minimum Gasteiger partial charge on any atom is -0.493 e. The van der Waals surface area contributed by atoms with E-state index >= 15 is 0 Å². The Balaban J connectivity index is 1.82. The van der Waals surface area contributed by atoms with Crippen LogP contribution in [0.3, 0.4) is 0 Å². The highest BCUT2D eigenvalue weighted by Gasteiger charge is 2.15. The Labute approximate surface area is 123 Å². The largest absolute Gasteiger partial charge is 0.493 e. The number of nitrogens with one attached hydrogen (secondary N) is 1. The fourth-order valence-corrected chi connectivity index (χ4v) is 2.47. The van der Waals surface area contributed by atoms with E-state index in [9.17, 15) is 9.18 Å². The van der Waals surface area contributed by atoms with E-state index in [1.807, 2.05) is 12.1 Å². The zero-order valence-corrected chi connectivity index (χ0v) is 12.0. The smallest absolute Gasteiger partial charge is 0.258 e. The Morgan fingerprint density at radius 2 is 2.10 bits per heavy atom. The first-order valence-electron chi connectivity index (χ1n) is 6.15. The topological polar surface area (TPSA) is 38.3 Å². The van der Waals surface area contributed by atoms with E-state index in [4.69, 9.17) is 4.74 Å². The maximum atomic E-state index is 13.7. The quantitative estimate of drug-likeness (QED) is 0.907. The summed E-state index contributed by atoms with van der Waals surface area (Å²) in [6.45, 7) is 0.661. The molecule has 2 aromatic rings.